The van der Waals surface area contributed by atoms with Crippen molar-refractivity contribution in [2.45, 2.75) is 33.8 Å². The highest BCUT2D eigenvalue weighted by Gasteiger charge is 2.11. The van der Waals surface area contributed by atoms with Crippen LogP contribution in [-0.4, -0.2) is 11.1 Å². The molecule has 0 aliphatic rings. The highest BCUT2D eigenvalue weighted by atomic mass is 79.9. The van der Waals surface area contributed by atoms with Gasteiger partial charge in [0.25, 0.3) is 0 Å². The van der Waals surface area contributed by atoms with Crippen LogP contribution in [0.2, 0.25) is 0 Å². The Morgan fingerprint density at radius 2 is 1.85 bits per heavy atom. The molecule has 0 aliphatic carbocycles. The van der Waals surface area contributed by atoms with Crippen molar-refractivity contribution in [3.63, 3.8) is 0 Å². The summed E-state index contributed by atoms with van der Waals surface area (Å²) in [7, 11) is 0. The number of aryl methyl sites for hydroxylation is 1. The molecule has 0 bridgehead atoms. The quantitative estimate of drug-likeness (QED) is 0.450. The number of carboxylic acid groups (broad SMARTS) is 1. The predicted octanol–water partition coefficient (Wildman–Crippen LogP) is 5.94. The number of hydrogen-bond donors (Lipinski definition) is 1. The van der Waals surface area contributed by atoms with Gasteiger partial charge in [0.15, 0.2) is 0 Å². The molecule has 0 fully saturated rings. The molecule has 0 aromatic heterocycles. The Labute approximate surface area is 163 Å². The van der Waals surface area contributed by atoms with Crippen LogP contribution in [0, 0.1) is 6.92 Å². The fourth-order valence-electron chi connectivity index (χ4n) is 2.50. The lowest BCUT2D eigenvalue weighted by molar-refractivity contribution is -0.131. The molecule has 1 N–H and O–H groups in total. The van der Waals surface area contributed by atoms with E-state index >= 15 is 0 Å². The lowest BCUT2D eigenvalue weighted by Gasteiger charge is -2.16. The lowest BCUT2D eigenvalue weighted by atomic mass is 9.99. The van der Waals surface area contributed by atoms with E-state index in [2.05, 4.69) is 35.9 Å². The van der Waals surface area contributed by atoms with Crippen LogP contribution in [0.25, 0.3) is 6.08 Å². The van der Waals surface area contributed by atoms with Crippen molar-refractivity contribution in [3.8, 4) is 5.75 Å². The van der Waals surface area contributed by atoms with Gasteiger partial charge in [0.05, 0.1) is 0 Å². The molecule has 0 unspecified atom stereocenters. The third kappa shape index (κ3) is 5.88. The van der Waals surface area contributed by atoms with E-state index in [0.29, 0.717) is 6.61 Å². The number of aliphatic carboxylic acids is 1. The molecule has 0 heterocycles. The summed E-state index contributed by atoms with van der Waals surface area (Å²) in [5.74, 6) is -0.238. The summed E-state index contributed by atoms with van der Waals surface area (Å²) < 4.78 is 7.17. The Bertz CT molecular complexity index is 829. The standard InChI is InChI=1S/C22H23BrO3/c1-15(2)4-12-20-16(3)5-8-18(9-13-21(24)25)22(20)26-14-17-6-10-19(23)11-7-17/h4-11,13H,12,14H2,1-3H3,(H,24,25)/b13-9+. The van der Waals surface area contributed by atoms with Crippen molar-refractivity contribution in [2.24, 2.45) is 0 Å². The highest BCUT2D eigenvalue weighted by Crippen LogP contribution is 2.30. The van der Waals surface area contributed by atoms with Crippen molar-refractivity contribution >= 4 is 28.0 Å². The Morgan fingerprint density at radius 3 is 2.46 bits per heavy atom. The van der Waals surface area contributed by atoms with E-state index in [4.69, 9.17) is 9.84 Å². The van der Waals surface area contributed by atoms with Crippen molar-refractivity contribution in [1.82, 2.24) is 0 Å². The van der Waals surface area contributed by atoms with Gasteiger partial charge >= 0.3 is 5.97 Å². The molecule has 0 aliphatic heterocycles. The zero-order valence-corrected chi connectivity index (χ0v) is 16.8. The molecular formula is C22H23BrO3. The molecule has 0 saturated carbocycles. The number of hydrogen-bond acceptors (Lipinski definition) is 2. The molecule has 0 saturated heterocycles. The minimum atomic E-state index is -0.977. The third-order valence-corrected chi connectivity index (χ3v) is 4.47. The van der Waals surface area contributed by atoms with Crippen LogP contribution >= 0.6 is 15.9 Å². The minimum Gasteiger partial charge on any atom is -0.488 e. The van der Waals surface area contributed by atoms with Gasteiger partial charge < -0.3 is 9.84 Å². The Hall–Kier alpha value is -2.33. The average Bonchev–Trinajstić information content (AvgIpc) is 2.59. The summed E-state index contributed by atoms with van der Waals surface area (Å²) in [5, 5.41) is 8.96. The number of benzene rings is 2. The SMILES string of the molecule is CC(C)=CCc1c(C)ccc(/C=C/C(=O)O)c1OCc1ccc(Br)cc1. The van der Waals surface area contributed by atoms with E-state index in [0.717, 1.165) is 45.0 Å². The van der Waals surface area contributed by atoms with Gasteiger partial charge in [-0.05, 0) is 56.5 Å². The molecule has 0 amide bonds. The second kappa shape index (κ2) is 9.39. The highest BCUT2D eigenvalue weighted by molar-refractivity contribution is 9.10. The maximum Gasteiger partial charge on any atom is 0.328 e. The van der Waals surface area contributed by atoms with Crippen molar-refractivity contribution in [1.29, 1.82) is 0 Å². The second-order valence-corrected chi connectivity index (χ2v) is 7.27. The number of carboxylic acids is 1. The van der Waals surface area contributed by atoms with Crippen molar-refractivity contribution in [3.05, 3.63) is 80.8 Å². The Kier molecular flexibility index (Phi) is 7.22. The summed E-state index contributed by atoms with van der Waals surface area (Å²) in [6.07, 6.45) is 5.63. The van der Waals surface area contributed by atoms with Gasteiger partial charge in [-0.25, -0.2) is 4.79 Å². The van der Waals surface area contributed by atoms with E-state index < -0.39 is 5.97 Å². The topological polar surface area (TPSA) is 46.5 Å². The lowest BCUT2D eigenvalue weighted by Crippen LogP contribution is -2.02. The third-order valence-electron chi connectivity index (χ3n) is 3.94. The van der Waals surface area contributed by atoms with Crippen LogP contribution in [0.5, 0.6) is 5.75 Å². The summed E-state index contributed by atoms with van der Waals surface area (Å²) >= 11 is 3.43. The maximum absolute atomic E-state index is 10.9. The van der Waals surface area contributed by atoms with E-state index in [1.807, 2.05) is 43.3 Å². The van der Waals surface area contributed by atoms with E-state index in [1.54, 1.807) is 6.08 Å². The molecule has 3 nitrogen and oxygen atoms in total. The number of allylic oxidation sites excluding steroid dienone is 2. The first-order valence-corrected chi connectivity index (χ1v) is 9.20. The number of rotatable bonds is 7. The first kappa shape index (κ1) is 20.0. The van der Waals surface area contributed by atoms with E-state index in [-0.39, 0.29) is 0 Å². The molecule has 26 heavy (non-hydrogen) atoms. The monoisotopic (exact) mass is 414 g/mol. The van der Waals surface area contributed by atoms with Crippen molar-refractivity contribution in [2.75, 3.05) is 0 Å². The van der Waals surface area contributed by atoms with Crippen LogP contribution < -0.4 is 4.74 Å². The summed E-state index contributed by atoms with van der Waals surface area (Å²) in [4.78, 5) is 10.9. The summed E-state index contributed by atoms with van der Waals surface area (Å²) in [6.45, 7) is 6.59. The smallest absolute Gasteiger partial charge is 0.328 e. The first-order valence-electron chi connectivity index (χ1n) is 8.41. The van der Waals surface area contributed by atoms with Gasteiger partial charge in [-0.15, -0.1) is 0 Å². The molecule has 0 atom stereocenters. The number of ether oxygens (including phenoxy) is 1. The molecule has 2 rings (SSSR count). The van der Waals surface area contributed by atoms with Gasteiger partial charge in [0.2, 0.25) is 0 Å². The van der Waals surface area contributed by atoms with Crippen molar-refractivity contribution < 1.29 is 14.6 Å². The number of carbonyl (C=O) groups is 1. The summed E-state index contributed by atoms with van der Waals surface area (Å²) in [5.41, 5.74) is 5.26. The fourth-order valence-corrected chi connectivity index (χ4v) is 2.77. The van der Waals surface area contributed by atoms with Gasteiger partial charge in [-0.3, -0.25) is 0 Å². The van der Waals surface area contributed by atoms with Crippen LogP contribution in [0.1, 0.15) is 36.1 Å². The maximum atomic E-state index is 10.9. The summed E-state index contributed by atoms with van der Waals surface area (Å²) in [6, 6.07) is 11.9. The van der Waals surface area contributed by atoms with Gasteiger partial charge in [-0.1, -0.05) is 51.8 Å². The van der Waals surface area contributed by atoms with Crippen LogP contribution in [0.4, 0.5) is 0 Å². The number of halogens is 1. The molecule has 0 spiro atoms. The average molecular weight is 415 g/mol. The van der Waals surface area contributed by atoms with Crippen LogP contribution in [-0.2, 0) is 17.8 Å². The molecular weight excluding hydrogens is 392 g/mol. The zero-order valence-electron chi connectivity index (χ0n) is 15.3. The van der Waals surface area contributed by atoms with Gasteiger partial charge in [0, 0.05) is 21.7 Å². The second-order valence-electron chi connectivity index (χ2n) is 6.35. The fraction of sp³-hybridized carbons (Fsp3) is 0.227. The Morgan fingerprint density at radius 1 is 1.15 bits per heavy atom. The molecule has 136 valence electrons. The minimum absolute atomic E-state index is 0.423. The molecule has 0 radical (unpaired) electrons. The van der Waals surface area contributed by atoms with E-state index in [9.17, 15) is 4.79 Å². The van der Waals surface area contributed by atoms with E-state index in [1.165, 1.54) is 5.57 Å². The molecule has 4 heteroatoms. The van der Waals surface area contributed by atoms with Gasteiger partial charge in [-0.2, -0.15) is 0 Å². The zero-order chi connectivity index (χ0) is 19.1. The molecule has 2 aromatic carbocycles. The predicted molar refractivity (Wildman–Crippen MR) is 109 cm³/mol. The normalized spacial score (nSPS) is 10.8. The van der Waals surface area contributed by atoms with Gasteiger partial charge in [0.1, 0.15) is 12.4 Å². The van der Waals surface area contributed by atoms with Crippen LogP contribution in [0.15, 0.2) is 58.6 Å². The largest absolute Gasteiger partial charge is 0.488 e. The first-order chi connectivity index (χ1) is 12.4. The molecule has 2 aromatic rings. The van der Waals surface area contributed by atoms with Crippen LogP contribution in [0.3, 0.4) is 0 Å². The Balaban J connectivity index is 2.39.